The maximum absolute atomic E-state index is 12.3. The van der Waals surface area contributed by atoms with Gasteiger partial charge < -0.3 is 10.1 Å². The number of anilines is 1. The molecule has 0 saturated heterocycles. The summed E-state index contributed by atoms with van der Waals surface area (Å²) < 4.78 is 6.14. The van der Waals surface area contributed by atoms with E-state index in [1.165, 1.54) is 11.3 Å². The molecule has 1 aromatic carbocycles. The standard InChI is InChI=1S/C17H17N3O2S3/c1-10-14(25-17(18-10)23-3)8-15(21)20-16-19-13(9-24-16)11-4-6-12(22-2)7-5-11/h4-7,9H,8H2,1-3H3,(H,19,20,21). The van der Waals surface area contributed by atoms with Crippen molar-refractivity contribution in [2.45, 2.75) is 17.7 Å². The number of carbonyl (C=O) groups is 1. The number of ether oxygens (including phenoxy) is 1. The van der Waals surface area contributed by atoms with Gasteiger partial charge in [-0.15, -0.1) is 22.7 Å². The number of thiazole rings is 2. The lowest BCUT2D eigenvalue weighted by Crippen LogP contribution is -2.14. The van der Waals surface area contributed by atoms with Gasteiger partial charge in [0.1, 0.15) is 10.1 Å². The number of amides is 1. The maximum atomic E-state index is 12.3. The average molecular weight is 392 g/mol. The van der Waals surface area contributed by atoms with Crippen molar-refractivity contribution in [3.63, 3.8) is 0 Å². The highest BCUT2D eigenvalue weighted by atomic mass is 32.2. The number of aromatic nitrogens is 2. The second-order valence-corrected chi connectivity index (χ2v) is 8.18. The number of nitrogens with zero attached hydrogens (tertiary/aromatic N) is 2. The molecule has 0 fully saturated rings. The molecule has 130 valence electrons. The number of thioether (sulfide) groups is 1. The van der Waals surface area contributed by atoms with Gasteiger partial charge >= 0.3 is 0 Å². The van der Waals surface area contributed by atoms with Crippen LogP contribution in [-0.4, -0.2) is 29.2 Å². The van der Waals surface area contributed by atoms with Crippen LogP contribution in [0, 0.1) is 6.92 Å². The molecule has 3 aromatic rings. The first kappa shape index (κ1) is 17.9. The molecule has 0 aliphatic heterocycles. The second kappa shape index (κ2) is 7.99. The number of nitrogens with one attached hydrogen (secondary N) is 1. The molecular formula is C17H17N3O2S3. The van der Waals surface area contributed by atoms with Gasteiger partial charge in [-0.05, 0) is 37.4 Å². The zero-order chi connectivity index (χ0) is 17.8. The Morgan fingerprint density at radius 1 is 1.28 bits per heavy atom. The summed E-state index contributed by atoms with van der Waals surface area (Å²) in [6.07, 6.45) is 2.31. The van der Waals surface area contributed by atoms with Crippen molar-refractivity contribution in [3.8, 4) is 17.0 Å². The van der Waals surface area contributed by atoms with Crippen LogP contribution in [0.15, 0.2) is 34.0 Å². The summed E-state index contributed by atoms with van der Waals surface area (Å²) in [4.78, 5) is 22.2. The van der Waals surface area contributed by atoms with Crippen molar-refractivity contribution in [1.29, 1.82) is 0 Å². The Bertz CT molecular complexity index is 872. The SMILES string of the molecule is COc1ccc(-c2csc(NC(=O)Cc3sc(SC)nc3C)n2)cc1. The largest absolute Gasteiger partial charge is 0.497 e. The molecule has 1 amide bonds. The quantitative estimate of drug-likeness (QED) is 0.627. The summed E-state index contributed by atoms with van der Waals surface area (Å²) in [5, 5.41) is 5.41. The van der Waals surface area contributed by atoms with Crippen LogP contribution < -0.4 is 10.1 Å². The van der Waals surface area contributed by atoms with Gasteiger partial charge in [0, 0.05) is 15.8 Å². The lowest BCUT2D eigenvalue weighted by Gasteiger charge is -2.01. The first-order valence-corrected chi connectivity index (χ1v) is 10.4. The fourth-order valence-electron chi connectivity index (χ4n) is 2.19. The van der Waals surface area contributed by atoms with Crippen LogP contribution in [0.4, 0.5) is 5.13 Å². The van der Waals surface area contributed by atoms with E-state index < -0.39 is 0 Å². The highest BCUT2D eigenvalue weighted by Crippen LogP contribution is 2.28. The van der Waals surface area contributed by atoms with Crippen molar-refractivity contribution in [2.75, 3.05) is 18.7 Å². The highest BCUT2D eigenvalue weighted by Gasteiger charge is 2.13. The van der Waals surface area contributed by atoms with Crippen molar-refractivity contribution >= 4 is 45.5 Å². The van der Waals surface area contributed by atoms with E-state index in [1.54, 1.807) is 30.2 Å². The molecule has 25 heavy (non-hydrogen) atoms. The van der Waals surface area contributed by atoms with Crippen molar-refractivity contribution in [1.82, 2.24) is 9.97 Å². The van der Waals surface area contributed by atoms with E-state index in [1.807, 2.05) is 42.8 Å². The average Bonchev–Trinajstić information content (AvgIpc) is 3.22. The molecule has 2 aromatic heterocycles. The Labute approximate surface area is 158 Å². The van der Waals surface area contributed by atoms with Crippen LogP contribution in [0.2, 0.25) is 0 Å². The summed E-state index contributed by atoms with van der Waals surface area (Å²) in [6, 6.07) is 7.68. The number of aryl methyl sites for hydroxylation is 1. The summed E-state index contributed by atoms with van der Waals surface area (Å²) in [7, 11) is 1.64. The molecule has 0 bridgehead atoms. The molecule has 0 radical (unpaired) electrons. The van der Waals surface area contributed by atoms with Gasteiger partial charge in [-0.2, -0.15) is 0 Å². The third-order valence-electron chi connectivity index (χ3n) is 3.51. The number of benzene rings is 1. The molecule has 3 rings (SSSR count). The lowest BCUT2D eigenvalue weighted by molar-refractivity contribution is -0.115. The first-order valence-electron chi connectivity index (χ1n) is 7.49. The molecule has 0 saturated carbocycles. The molecule has 0 atom stereocenters. The Hall–Kier alpha value is -1.90. The van der Waals surface area contributed by atoms with Gasteiger partial charge in [-0.25, -0.2) is 9.97 Å². The zero-order valence-corrected chi connectivity index (χ0v) is 16.5. The van der Waals surface area contributed by atoms with Gasteiger partial charge in [-0.3, -0.25) is 4.79 Å². The minimum atomic E-state index is -0.0740. The van der Waals surface area contributed by atoms with E-state index >= 15 is 0 Å². The van der Waals surface area contributed by atoms with E-state index in [9.17, 15) is 4.79 Å². The number of carbonyl (C=O) groups excluding carboxylic acids is 1. The van der Waals surface area contributed by atoms with E-state index in [2.05, 4.69) is 15.3 Å². The third kappa shape index (κ3) is 4.39. The fraction of sp³-hybridized carbons (Fsp3) is 0.235. The van der Waals surface area contributed by atoms with Gasteiger partial charge in [-0.1, -0.05) is 11.8 Å². The number of rotatable bonds is 6. The van der Waals surface area contributed by atoms with Gasteiger partial charge in [0.2, 0.25) is 5.91 Å². The van der Waals surface area contributed by atoms with Crippen LogP contribution in [0.1, 0.15) is 10.6 Å². The smallest absolute Gasteiger partial charge is 0.231 e. The predicted molar refractivity (Wildman–Crippen MR) is 105 cm³/mol. The number of hydrogen-bond donors (Lipinski definition) is 1. The Balaban J connectivity index is 1.65. The van der Waals surface area contributed by atoms with Gasteiger partial charge in [0.05, 0.1) is 24.9 Å². The molecular weight excluding hydrogens is 374 g/mol. The van der Waals surface area contributed by atoms with Crippen LogP contribution in [0.25, 0.3) is 11.3 Å². The van der Waals surface area contributed by atoms with E-state index in [0.717, 1.165) is 31.9 Å². The molecule has 0 unspecified atom stereocenters. The topological polar surface area (TPSA) is 64.1 Å². The summed E-state index contributed by atoms with van der Waals surface area (Å²) >= 11 is 4.58. The van der Waals surface area contributed by atoms with Crippen LogP contribution in [-0.2, 0) is 11.2 Å². The fourth-order valence-corrected chi connectivity index (χ4v) is 4.58. The van der Waals surface area contributed by atoms with E-state index in [0.29, 0.717) is 11.6 Å². The zero-order valence-electron chi connectivity index (χ0n) is 14.0. The van der Waals surface area contributed by atoms with Gasteiger partial charge in [0.15, 0.2) is 5.13 Å². The predicted octanol–water partition coefficient (Wildman–Crippen LogP) is 4.49. The second-order valence-electron chi connectivity index (χ2n) is 5.18. The Kier molecular flexibility index (Phi) is 5.72. The van der Waals surface area contributed by atoms with E-state index in [-0.39, 0.29) is 5.91 Å². The Morgan fingerprint density at radius 3 is 2.68 bits per heavy atom. The van der Waals surface area contributed by atoms with Crippen molar-refractivity contribution in [3.05, 3.63) is 40.2 Å². The van der Waals surface area contributed by atoms with E-state index in [4.69, 9.17) is 4.74 Å². The first-order chi connectivity index (χ1) is 12.1. The molecule has 0 spiro atoms. The molecule has 0 aliphatic carbocycles. The number of methoxy groups -OCH3 is 1. The lowest BCUT2D eigenvalue weighted by atomic mass is 10.2. The highest BCUT2D eigenvalue weighted by molar-refractivity contribution is 8.00. The maximum Gasteiger partial charge on any atom is 0.231 e. The van der Waals surface area contributed by atoms with Gasteiger partial charge in [0.25, 0.3) is 0 Å². The summed E-state index contributed by atoms with van der Waals surface area (Å²) in [5.41, 5.74) is 2.74. The molecule has 5 nitrogen and oxygen atoms in total. The molecule has 1 N–H and O–H groups in total. The third-order valence-corrected chi connectivity index (χ3v) is 6.41. The minimum absolute atomic E-state index is 0.0740. The summed E-state index contributed by atoms with van der Waals surface area (Å²) in [6.45, 7) is 1.93. The van der Waals surface area contributed by atoms with Crippen molar-refractivity contribution in [2.24, 2.45) is 0 Å². The molecule has 2 heterocycles. The number of hydrogen-bond acceptors (Lipinski definition) is 7. The Morgan fingerprint density at radius 2 is 2.04 bits per heavy atom. The van der Waals surface area contributed by atoms with Crippen LogP contribution >= 0.6 is 34.4 Å². The molecule has 0 aliphatic rings. The normalized spacial score (nSPS) is 10.7. The molecule has 8 heteroatoms. The summed E-state index contributed by atoms with van der Waals surface area (Å²) in [5.74, 6) is 0.729. The minimum Gasteiger partial charge on any atom is -0.497 e. The van der Waals surface area contributed by atoms with Crippen molar-refractivity contribution < 1.29 is 9.53 Å². The van der Waals surface area contributed by atoms with Crippen LogP contribution in [0.5, 0.6) is 5.75 Å². The monoisotopic (exact) mass is 391 g/mol. The van der Waals surface area contributed by atoms with Crippen LogP contribution in [0.3, 0.4) is 0 Å².